The minimum atomic E-state index is -0.392. The summed E-state index contributed by atoms with van der Waals surface area (Å²) in [7, 11) is 1.89. The van der Waals surface area contributed by atoms with Gasteiger partial charge >= 0.3 is 0 Å². The maximum atomic E-state index is 13.3. The number of hydrogen-bond donors (Lipinski definition) is 1. The number of benzene rings is 1. The first-order valence-corrected chi connectivity index (χ1v) is 5.46. The van der Waals surface area contributed by atoms with E-state index in [9.17, 15) is 8.78 Å². The molecule has 0 radical (unpaired) electrons. The summed E-state index contributed by atoms with van der Waals surface area (Å²) in [4.78, 5) is 1.96. The second-order valence-electron chi connectivity index (χ2n) is 3.83. The molecule has 0 atom stereocenters. The fraction of sp³-hybridized carbons (Fsp3) is 0.500. The number of nitrogens with zero attached hydrogens (tertiary/aromatic N) is 1. The van der Waals surface area contributed by atoms with Crippen LogP contribution in [0, 0.1) is 11.6 Å². The Bertz CT molecular complexity index is 329. The molecule has 0 unspecified atom stereocenters. The summed E-state index contributed by atoms with van der Waals surface area (Å²) in [5.41, 5.74) is 0.402. The van der Waals surface area contributed by atoms with Crippen LogP contribution in [0.3, 0.4) is 0 Å². The largest absolute Gasteiger partial charge is 0.316 e. The summed E-state index contributed by atoms with van der Waals surface area (Å²) < 4.78 is 26.2. The number of nitrogens with one attached hydrogen (secondary N) is 1. The van der Waals surface area contributed by atoms with Gasteiger partial charge in [0, 0.05) is 25.2 Å². The summed E-state index contributed by atoms with van der Waals surface area (Å²) in [6, 6.07) is 3.55. The first kappa shape index (κ1) is 13.1. The molecule has 1 aromatic carbocycles. The summed E-state index contributed by atoms with van der Waals surface area (Å²) in [6.07, 6.45) is 0. The second kappa shape index (κ2) is 6.55. The van der Waals surface area contributed by atoms with Crippen LogP contribution in [0.5, 0.6) is 0 Å². The van der Waals surface area contributed by atoms with Crippen LogP contribution in [-0.2, 0) is 6.54 Å². The number of halogens is 2. The van der Waals surface area contributed by atoms with Gasteiger partial charge in [0.2, 0.25) is 0 Å². The highest BCUT2D eigenvalue weighted by atomic mass is 19.1. The standard InChI is InChI=1S/C12H18F2N2/c1-3-15-6-7-16(2)9-10-8-11(13)4-5-12(10)14/h4-5,8,15H,3,6-7,9H2,1-2H3. The van der Waals surface area contributed by atoms with Crippen LogP contribution < -0.4 is 5.32 Å². The Morgan fingerprint density at radius 1 is 1.31 bits per heavy atom. The summed E-state index contributed by atoms with van der Waals surface area (Å²) in [5.74, 6) is -0.742. The van der Waals surface area contributed by atoms with Crippen LogP contribution in [0.4, 0.5) is 8.78 Å². The second-order valence-corrected chi connectivity index (χ2v) is 3.83. The Morgan fingerprint density at radius 3 is 2.75 bits per heavy atom. The molecule has 0 aliphatic rings. The van der Waals surface area contributed by atoms with Crippen molar-refractivity contribution in [1.82, 2.24) is 10.2 Å². The molecule has 0 spiro atoms. The third-order valence-electron chi connectivity index (χ3n) is 2.37. The summed E-state index contributed by atoms with van der Waals surface area (Å²) >= 11 is 0. The van der Waals surface area contributed by atoms with Crippen molar-refractivity contribution in [1.29, 1.82) is 0 Å². The van der Waals surface area contributed by atoms with E-state index < -0.39 is 5.82 Å². The quantitative estimate of drug-likeness (QED) is 0.749. The molecule has 4 heteroatoms. The third kappa shape index (κ3) is 4.24. The average molecular weight is 228 g/mol. The van der Waals surface area contributed by atoms with E-state index in [1.54, 1.807) is 0 Å². The predicted molar refractivity (Wildman–Crippen MR) is 61.2 cm³/mol. The van der Waals surface area contributed by atoms with Gasteiger partial charge in [-0.15, -0.1) is 0 Å². The van der Waals surface area contributed by atoms with E-state index in [0.29, 0.717) is 12.1 Å². The number of rotatable bonds is 6. The molecule has 0 fully saturated rings. The lowest BCUT2D eigenvalue weighted by atomic mass is 10.2. The van der Waals surface area contributed by atoms with Crippen molar-refractivity contribution in [2.75, 3.05) is 26.7 Å². The van der Waals surface area contributed by atoms with Crippen LogP contribution >= 0.6 is 0 Å². The highest BCUT2D eigenvalue weighted by Crippen LogP contribution is 2.11. The molecule has 1 N–H and O–H groups in total. The molecule has 0 heterocycles. The van der Waals surface area contributed by atoms with Gasteiger partial charge in [0.25, 0.3) is 0 Å². The third-order valence-corrected chi connectivity index (χ3v) is 2.37. The molecule has 0 aliphatic heterocycles. The van der Waals surface area contributed by atoms with Gasteiger partial charge in [-0.3, -0.25) is 0 Å². The van der Waals surface area contributed by atoms with Crippen LogP contribution in [0.15, 0.2) is 18.2 Å². The summed E-state index contributed by atoms with van der Waals surface area (Å²) in [6.45, 7) is 5.04. The fourth-order valence-corrected chi connectivity index (χ4v) is 1.48. The van der Waals surface area contributed by atoms with E-state index in [0.717, 1.165) is 25.7 Å². The molecule has 16 heavy (non-hydrogen) atoms. The van der Waals surface area contributed by atoms with Gasteiger partial charge in [0.05, 0.1) is 0 Å². The lowest BCUT2D eigenvalue weighted by Gasteiger charge is -2.17. The Morgan fingerprint density at radius 2 is 2.06 bits per heavy atom. The van der Waals surface area contributed by atoms with Gasteiger partial charge in [-0.05, 0) is 31.8 Å². The van der Waals surface area contributed by atoms with Crippen molar-refractivity contribution in [3.63, 3.8) is 0 Å². The van der Waals surface area contributed by atoms with Gasteiger partial charge in [-0.1, -0.05) is 6.92 Å². The Kier molecular flexibility index (Phi) is 5.35. The zero-order chi connectivity index (χ0) is 12.0. The van der Waals surface area contributed by atoms with E-state index in [1.807, 2.05) is 18.9 Å². The lowest BCUT2D eigenvalue weighted by molar-refractivity contribution is 0.319. The highest BCUT2D eigenvalue weighted by Gasteiger charge is 2.06. The van der Waals surface area contributed by atoms with Crippen molar-refractivity contribution in [3.8, 4) is 0 Å². The van der Waals surface area contributed by atoms with Crippen molar-refractivity contribution in [2.45, 2.75) is 13.5 Å². The van der Waals surface area contributed by atoms with Crippen LogP contribution in [-0.4, -0.2) is 31.6 Å². The first-order valence-electron chi connectivity index (χ1n) is 5.46. The Balaban J connectivity index is 2.48. The Labute approximate surface area is 95.3 Å². The summed E-state index contributed by atoms with van der Waals surface area (Å²) in [5, 5.41) is 3.18. The molecule has 0 bridgehead atoms. The molecular weight excluding hydrogens is 210 g/mol. The van der Waals surface area contributed by atoms with Gasteiger partial charge in [-0.25, -0.2) is 8.78 Å². The molecule has 0 amide bonds. The SMILES string of the molecule is CCNCCN(C)Cc1cc(F)ccc1F. The predicted octanol–water partition coefficient (Wildman–Crippen LogP) is 2.01. The van der Waals surface area contributed by atoms with Crippen LogP contribution in [0.25, 0.3) is 0 Å². The minimum absolute atomic E-state index is 0.350. The Hall–Kier alpha value is -1.00. The van der Waals surface area contributed by atoms with Gasteiger partial charge in [-0.2, -0.15) is 0 Å². The van der Waals surface area contributed by atoms with Crippen LogP contribution in [0.2, 0.25) is 0 Å². The zero-order valence-electron chi connectivity index (χ0n) is 9.76. The topological polar surface area (TPSA) is 15.3 Å². The van der Waals surface area contributed by atoms with E-state index in [1.165, 1.54) is 12.1 Å². The smallest absolute Gasteiger partial charge is 0.127 e. The average Bonchev–Trinajstić information content (AvgIpc) is 2.24. The molecule has 0 aliphatic carbocycles. The van der Waals surface area contributed by atoms with Gasteiger partial charge < -0.3 is 10.2 Å². The number of hydrogen-bond acceptors (Lipinski definition) is 2. The van der Waals surface area contributed by atoms with Crippen molar-refractivity contribution in [2.24, 2.45) is 0 Å². The van der Waals surface area contributed by atoms with Crippen LogP contribution in [0.1, 0.15) is 12.5 Å². The van der Waals surface area contributed by atoms with Crippen molar-refractivity contribution >= 4 is 0 Å². The van der Waals surface area contributed by atoms with Crippen molar-refractivity contribution < 1.29 is 8.78 Å². The van der Waals surface area contributed by atoms with Gasteiger partial charge in [0.15, 0.2) is 0 Å². The maximum Gasteiger partial charge on any atom is 0.127 e. The zero-order valence-corrected chi connectivity index (χ0v) is 9.76. The molecule has 1 aromatic rings. The molecule has 0 saturated carbocycles. The normalized spacial score (nSPS) is 11.1. The van der Waals surface area contributed by atoms with E-state index in [-0.39, 0.29) is 5.82 Å². The molecular formula is C12H18F2N2. The number of likely N-dealkylation sites (N-methyl/N-ethyl adjacent to an activating group) is 2. The molecule has 0 saturated heterocycles. The lowest BCUT2D eigenvalue weighted by Crippen LogP contribution is -2.29. The molecule has 1 rings (SSSR count). The minimum Gasteiger partial charge on any atom is -0.316 e. The molecule has 90 valence electrons. The fourth-order valence-electron chi connectivity index (χ4n) is 1.48. The molecule has 2 nitrogen and oxygen atoms in total. The van der Waals surface area contributed by atoms with E-state index in [4.69, 9.17) is 0 Å². The highest BCUT2D eigenvalue weighted by molar-refractivity contribution is 5.18. The first-order chi connectivity index (χ1) is 7.63. The van der Waals surface area contributed by atoms with Gasteiger partial charge in [0.1, 0.15) is 11.6 Å². The van der Waals surface area contributed by atoms with Crippen molar-refractivity contribution in [3.05, 3.63) is 35.4 Å². The van der Waals surface area contributed by atoms with E-state index >= 15 is 0 Å². The maximum absolute atomic E-state index is 13.3. The van der Waals surface area contributed by atoms with E-state index in [2.05, 4.69) is 5.32 Å². The molecule has 0 aromatic heterocycles. The monoisotopic (exact) mass is 228 g/mol.